The Kier molecular flexibility index (Phi) is 4.94. The van der Waals surface area contributed by atoms with Crippen molar-refractivity contribution in [3.8, 4) is 17.9 Å². The number of ether oxygens (including phenoxy) is 1. The van der Waals surface area contributed by atoms with Gasteiger partial charge in [0.25, 0.3) is 0 Å². The molecule has 0 aliphatic rings. The van der Waals surface area contributed by atoms with E-state index in [1.807, 2.05) is 36.4 Å². The third kappa shape index (κ3) is 3.61. The van der Waals surface area contributed by atoms with Gasteiger partial charge in [-0.05, 0) is 17.7 Å². The number of nitrogens with zero attached hydrogens (tertiary/aromatic N) is 5. The smallest absolute Gasteiger partial charge is 0.192 e. The molecule has 2 heterocycles. The van der Waals surface area contributed by atoms with Gasteiger partial charge in [-0.2, -0.15) is 15.5 Å². The maximum atomic E-state index is 8.99. The minimum atomic E-state index is -1.07. The molecule has 2 aromatic heterocycles. The largest absolute Gasteiger partial charge is 0.497 e. The third-order valence-corrected chi connectivity index (χ3v) is 4.54. The Balaban J connectivity index is 1.81. The standard InChI is InChI=1S/C16H11ClN6OS/c1-24-11-4-2-9(3-5-11)8-20-16-23-14-15(25-16)22-13(17)12(21-14)10(6-18)7-19/h2-5,10H,8H2,1H3,(H,20,21,23). The molecule has 0 radical (unpaired) electrons. The summed E-state index contributed by atoms with van der Waals surface area (Å²) < 4.78 is 5.13. The number of halogens is 1. The molecule has 0 amide bonds. The lowest BCUT2D eigenvalue weighted by Gasteiger charge is -2.04. The fraction of sp³-hybridized carbons (Fsp3) is 0.188. The average molecular weight is 371 g/mol. The number of hydrogen-bond acceptors (Lipinski definition) is 8. The molecule has 1 aromatic carbocycles. The van der Waals surface area contributed by atoms with Crippen molar-refractivity contribution in [3.05, 3.63) is 40.7 Å². The van der Waals surface area contributed by atoms with E-state index in [-0.39, 0.29) is 10.8 Å². The van der Waals surface area contributed by atoms with Gasteiger partial charge in [0.15, 0.2) is 26.7 Å². The Labute approximate surface area is 152 Å². The molecule has 9 heteroatoms. The summed E-state index contributed by atoms with van der Waals surface area (Å²) in [5.74, 6) is -0.273. The van der Waals surface area contributed by atoms with Gasteiger partial charge < -0.3 is 10.1 Å². The first-order valence-electron chi connectivity index (χ1n) is 7.14. The van der Waals surface area contributed by atoms with Crippen LogP contribution in [-0.4, -0.2) is 22.1 Å². The van der Waals surface area contributed by atoms with Gasteiger partial charge in [-0.15, -0.1) is 0 Å². The molecule has 0 saturated heterocycles. The normalized spacial score (nSPS) is 10.4. The summed E-state index contributed by atoms with van der Waals surface area (Å²) in [5.41, 5.74) is 1.55. The first-order valence-corrected chi connectivity index (χ1v) is 8.34. The summed E-state index contributed by atoms with van der Waals surface area (Å²) in [6.07, 6.45) is 0. The monoisotopic (exact) mass is 370 g/mol. The van der Waals surface area contributed by atoms with Crippen LogP contribution in [-0.2, 0) is 6.54 Å². The van der Waals surface area contributed by atoms with Crippen molar-refractivity contribution in [2.45, 2.75) is 12.5 Å². The molecular weight excluding hydrogens is 360 g/mol. The summed E-state index contributed by atoms with van der Waals surface area (Å²) in [6.45, 7) is 0.573. The van der Waals surface area contributed by atoms with Gasteiger partial charge in [0.1, 0.15) is 11.4 Å². The molecule has 0 aliphatic carbocycles. The molecule has 0 spiro atoms. The Hall–Kier alpha value is -2.94. The molecule has 3 rings (SSSR count). The lowest BCUT2D eigenvalue weighted by atomic mass is 10.1. The number of benzene rings is 1. The predicted octanol–water partition coefficient (Wildman–Crippen LogP) is 3.49. The van der Waals surface area contributed by atoms with Crippen molar-refractivity contribution in [2.24, 2.45) is 0 Å². The van der Waals surface area contributed by atoms with E-state index >= 15 is 0 Å². The van der Waals surface area contributed by atoms with Crippen LogP contribution in [0.4, 0.5) is 5.13 Å². The topological polar surface area (TPSA) is 108 Å². The molecule has 0 saturated carbocycles. The molecule has 0 atom stereocenters. The summed E-state index contributed by atoms with van der Waals surface area (Å²) in [5, 5.41) is 21.9. The van der Waals surface area contributed by atoms with Crippen LogP contribution in [0.25, 0.3) is 10.5 Å². The molecule has 0 bridgehead atoms. The molecule has 7 nitrogen and oxygen atoms in total. The van der Waals surface area contributed by atoms with E-state index in [4.69, 9.17) is 26.9 Å². The second kappa shape index (κ2) is 7.31. The SMILES string of the molecule is COc1ccc(CNc2nc3nc(C(C#N)C#N)c(Cl)nc3s2)cc1. The van der Waals surface area contributed by atoms with E-state index in [2.05, 4.69) is 20.3 Å². The van der Waals surface area contributed by atoms with Gasteiger partial charge in [0.05, 0.1) is 19.2 Å². The number of thiazole rings is 1. The molecule has 3 aromatic rings. The third-order valence-electron chi connectivity index (χ3n) is 3.36. The second-order valence-electron chi connectivity index (χ2n) is 4.94. The lowest BCUT2D eigenvalue weighted by Crippen LogP contribution is -2.00. The number of rotatable bonds is 5. The highest BCUT2D eigenvalue weighted by Crippen LogP contribution is 2.28. The van der Waals surface area contributed by atoms with E-state index in [0.717, 1.165) is 11.3 Å². The first kappa shape index (κ1) is 16.9. The maximum absolute atomic E-state index is 8.99. The summed E-state index contributed by atoms with van der Waals surface area (Å²) in [4.78, 5) is 13.3. The summed E-state index contributed by atoms with van der Waals surface area (Å²) in [6, 6.07) is 11.3. The highest BCUT2D eigenvalue weighted by atomic mass is 35.5. The van der Waals surface area contributed by atoms with E-state index in [1.54, 1.807) is 7.11 Å². The van der Waals surface area contributed by atoms with Gasteiger partial charge >= 0.3 is 0 Å². The van der Waals surface area contributed by atoms with Crippen LogP contribution in [0.1, 0.15) is 17.2 Å². The number of nitrogens with one attached hydrogen (secondary N) is 1. The zero-order chi connectivity index (χ0) is 17.8. The molecule has 0 fully saturated rings. The Morgan fingerprint density at radius 1 is 1.20 bits per heavy atom. The van der Waals surface area contributed by atoms with Crippen molar-refractivity contribution in [3.63, 3.8) is 0 Å². The number of fused-ring (bicyclic) bond motifs is 1. The zero-order valence-electron chi connectivity index (χ0n) is 13.0. The average Bonchev–Trinajstić information content (AvgIpc) is 3.03. The van der Waals surface area contributed by atoms with E-state index in [1.165, 1.54) is 11.3 Å². The van der Waals surface area contributed by atoms with Crippen LogP contribution in [0.5, 0.6) is 5.75 Å². The highest BCUT2D eigenvalue weighted by Gasteiger charge is 2.19. The quantitative estimate of drug-likeness (QED) is 0.732. The highest BCUT2D eigenvalue weighted by molar-refractivity contribution is 7.21. The van der Waals surface area contributed by atoms with Gasteiger partial charge in [0, 0.05) is 6.54 Å². The number of hydrogen-bond donors (Lipinski definition) is 1. The van der Waals surface area contributed by atoms with Crippen molar-refractivity contribution in [2.75, 3.05) is 12.4 Å². The van der Waals surface area contributed by atoms with E-state index in [9.17, 15) is 0 Å². The maximum Gasteiger partial charge on any atom is 0.192 e. The van der Waals surface area contributed by atoms with Gasteiger partial charge in [0.2, 0.25) is 0 Å². The second-order valence-corrected chi connectivity index (χ2v) is 6.28. The van der Waals surface area contributed by atoms with Crippen LogP contribution >= 0.6 is 22.9 Å². The molecule has 124 valence electrons. The molecule has 1 N–H and O–H groups in total. The van der Waals surface area contributed by atoms with Crippen molar-refractivity contribution < 1.29 is 4.74 Å². The number of methoxy groups -OCH3 is 1. The van der Waals surface area contributed by atoms with Gasteiger partial charge in [-0.25, -0.2) is 9.97 Å². The zero-order valence-corrected chi connectivity index (χ0v) is 14.6. The Morgan fingerprint density at radius 2 is 1.92 bits per heavy atom. The van der Waals surface area contributed by atoms with Gasteiger partial charge in [-0.1, -0.05) is 35.1 Å². The fourth-order valence-electron chi connectivity index (χ4n) is 2.09. The number of nitriles is 2. The van der Waals surface area contributed by atoms with Crippen LogP contribution in [0.3, 0.4) is 0 Å². The van der Waals surface area contributed by atoms with Gasteiger partial charge in [-0.3, -0.25) is 0 Å². The minimum Gasteiger partial charge on any atom is -0.497 e. The van der Waals surface area contributed by atoms with E-state index in [0.29, 0.717) is 22.2 Å². The van der Waals surface area contributed by atoms with Crippen LogP contribution in [0.2, 0.25) is 5.15 Å². The fourth-order valence-corrected chi connectivity index (χ4v) is 3.15. The van der Waals surface area contributed by atoms with Crippen molar-refractivity contribution in [1.29, 1.82) is 10.5 Å². The molecule has 0 unspecified atom stereocenters. The Bertz CT molecular complexity index is 975. The minimum absolute atomic E-state index is 0.0472. The number of anilines is 1. The number of aromatic nitrogens is 3. The molecular formula is C16H11ClN6OS. The summed E-state index contributed by atoms with van der Waals surface area (Å²) in [7, 11) is 1.62. The summed E-state index contributed by atoms with van der Waals surface area (Å²) >= 11 is 7.34. The van der Waals surface area contributed by atoms with Crippen LogP contribution in [0.15, 0.2) is 24.3 Å². The lowest BCUT2D eigenvalue weighted by molar-refractivity contribution is 0.414. The van der Waals surface area contributed by atoms with Crippen LogP contribution in [0, 0.1) is 22.7 Å². The predicted molar refractivity (Wildman–Crippen MR) is 94.5 cm³/mol. The first-order chi connectivity index (χ1) is 12.1. The van der Waals surface area contributed by atoms with Crippen molar-refractivity contribution >= 4 is 38.5 Å². The molecule has 0 aliphatic heterocycles. The Morgan fingerprint density at radius 3 is 2.56 bits per heavy atom. The van der Waals surface area contributed by atoms with Crippen molar-refractivity contribution in [1.82, 2.24) is 15.0 Å². The molecule has 25 heavy (non-hydrogen) atoms. The van der Waals surface area contributed by atoms with E-state index < -0.39 is 5.92 Å². The van der Waals surface area contributed by atoms with Crippen LogP contribution < -0.4 is 10.1 Å².